The third kappa shape index (κ3) is 8.08. The largest absolute Gasteiger partial charge is 0.493 e. The first-order valence-corrected chi connectivity index (χ1v) is 9.39. The van der Waals surface area contributed by atoms with E-state index in [1.807, 2.05) is 0 Å². The maximum absolute atomic E-state index is 12.3. The van der Waals surface area contributed by atoms with E-state index >= 15 is 0 Å². The molecule has 0 spiro atoms. The first kappa shape index (κ1) is 23.2. The molecule has 0 aliphatic carbocycles. The van der Waals surface area contributed by atoms with Crippen molar-refractivity contribution in [1.29, 1.82) is 0 Å². The number of alkyl halides is 2. The Balaban J connectivity index is 1.74. The van der Waals surface area contributed by atoms with Crippen LogP contribution >= 0.6 is 11.6 Å². The molecule has 30 heavy (non-hydrogen) atoms. The Kier molecular flexibility index (Phi) is 9.08. The number of halogens is 3. The molecular formula is C21H21ClF2N2O4. The highest BCUT2D eigenvalue weighted by molar-refractivity contribution is 6.30. The van der Waals surface area contributed by atoms with E-state index in [1.165, 1.54) is 37.5 Å². The van der Waals surface area contributed by atoms with E-state index < -0.39 is 6.61 Å². The van der Waals surface area contributed by atoms with E-state index in [4.69, 9.17) is 16.3 Å². The minimum atomic E-state index is -2.96. The van der Waals surface area contributed by atoms with Crippen LogP contribution in [0.4, 0.5) is 14.5 Å². The Morgan fingerprint density at radius 3 is 2.53 bits per heavy atom. The average Bonchev–Trinajstić information content (AvgIpc) is 2.71. The molecule has 0 radical (unpaired) electrons. The van der Waals surface area contributed by atoms with E-state index in [9.17, 15) is 18.4 Å². The smallest absolute Gasteiger partial charge is 0.387 e. The molecule has 0 heterocycles. The van der Waals surface area contributed by atoms with E-state index in [-0.39, 0.29) is 29.7 Å². The Morgan fingerprint density at radius 1 is 1.13 bits per heavy atom. The number of hydrogen-bond donors (Lipinski definition) is 2. The van der Waals surface area contributed by atoms with E-state index in [1.54, 1.807) is 24.3 Å². The number of carbonyl (C=O) groups is 2. The number of amides is 2. The summed E-state index contributed by atoms with van der Waals surface area (Å²) in [6, 6.07) is 11.1. The topological polar surface area (TPSA) is 76.7 Å². The molecule has 2 rings (SSSR count). The molecule has 2 N–H and O–H groups in total. The molecule has 6 nitrogen and oxygen atoms in total. The fraction of sp³-hybridized carbons (Fsp3) is 0.238. The van der Waals surface area contributed by atoms with Crippen molar-refractivity contribution >= 4 is 35.2 Å². The van der Waals surface area contributed by atoms with Gasteiger partial charge in [0.05, 0.1) is 7.11 Å². The highest BCUT2D eigenvalue weighted by Gasteiger charge is 2.10. The van der Waals surface area contributed by atoms with Crippen LogP contribution in [0.2, 0.25) is 5.02 Å². The lowest BCUT2D eigenvalue weighted by Crippen LogP contribution is -2.23. The molecule has 2 aromatic rings. The fourth-order valence-electron chi connectivity index (χ4n) is 2.43. The third-order valence-corrected chi connectivity index (χ3v) is 4.09. The summed E-state index contributed by atoms with van der Waals surface area (Å²) in [4.78, 5) is 23.8. The van der Waals surface area contributed by atoms with Crippen LogP contribution in [0.3, 0.4) is 0 Å². The quantitative estimate of drug-likeness (QED) is 0.423. The number of benzene rings is 2. The van der Waals surface area contributed by atoms with Crippen molar-refractivity contribution in [2.45, 2.75) is 19.5 Å². The number of methoxy groups -OCH3 is 1. The summed E-state index contributed by atoms with van der Waals surface area (Å²) in [5.41, 5.74) is 1.22. The summed E-state index contributed by atoms with van der Waals surface area (Å²) in [5, 5.41) is 5.99. The molecule has 160 valence electrons. The summed E-state index contributed by atoms with van der Waals surface area (Å²) in [7, 11) is 1.33. The molecule has 2 amide bonds. The number of carbonyl (C=O) groups excluding carboxylic acids is 2. The molecule has 0 aromatic heterocycles. The van der Waals surface area contributed by atoms with Crippen LogP contribution in [0.5, 0.6) is 11.5 Å². The molecule has 0 aliphatic rings. The highest BCUT2D eigenvalue weighted by atomic mass is 35.5. The fourth-order valence-corrected chi connectivity index (χ4v) is 2.56. The van der Waals surface area contributed by atoms with Gasteiger partial charge in [0.2, 0.25) is 11.8 Å². The summed E-state index contributed by atoms with van der Waals surface area (Å²) < 4.78 is 34.0. The van der Waals surface area contributed by atoms with Gasteiger partial charge in [-0.05, 0) is 54.5 Å². The lowest BCUT2D eigenvalue weighted by Gasteiger charge is -2.10. The van der Waals surface area contributed by atoms with Crippen molar-refractivity contribution in [2.75, 3.05) is 19.0 Å². The molecule has 0 aliphatic heterocycles. The van der Waals surface area contributed by atoms with Gasteiger partial charge in [0.25, 0.3) is 0 Å². The van der Waals surface area contributed by atoms with Crippen molar-refractivity contribution in [3.05, 3.63) is 59.1 Å². The number of nitrogens with one attached hydrogen (secondary N) is 2. The molecule has 0 bridgehead atoms. The summed E-state index contributed by atoms with van der Waals surface area (Å²) in [6.07, 6.45) is 3.52. The summed E-state index contributed by atoms with van der Waals surface area (Å²) >= 11 is 5.79. The van der Waals surface area contributed by atoms with Crippen LogP contribution in [0.15, 0.2) is 48.5 Å². The van der Waals surface area contributed by atoms with Crippen LogP contribution < -0.4 is 20.1 Å². The zero-order valence-electron chi connectivity index (χ0n) is 16.2. The number of rotatable bonds is 10. The number of anilines is 1. The van der Waals surface area contributed by atoms with E-state index in [2.05, 4.69) is 15.4 Å². The molecule has 0 unspecified atom stereocenters. The first-order valence-electron chi connectivity index (χ1n) is 9.01. The molecule has 2 aromatic carbocycles. The van der Waals surface area contributed by atoms with Crippen molar-refractivity contribution in [2.24, 2.45) is 0 Å². The molecule has 0 atom stereocenters. The molecule has 0 fully saturated rings. The van der Waals surface area contributed by atoms with Gasteiger partial charge in [0.15, 0.2) is 11.5 Å². The minimum Gasteiger partial charge on any atom is -0.493 e. The maximum Gasteiger partial charge on any atom is 0.387 e. The molecule has 9 heteroatoms. The second kappa shape index (κ2) is 11.8. The Labute approximate surface area is 177 Å². The Morgan fingerprint density at radius 2 is 1.87 bits per heavy atom. The van der Waals surface area contributed by atoms with Crippen molar-refractivity contribution in [3.8, 4) is 11.5 Å². The van der Waals surface area contributed by atoms with Gasteiger partial charge in [0, 0.05) is 29.8 Å². The van der Waals surface area contributed by atoms with E-state index in [0.29, 0.717) is 29.2 Å². The van der Waals surface area contributed by atoms with E-state index in [0.717, 1.165) is 0 Å². The van der Waals surface area contributed by atoms with Crippen LogP contribution in [-0.4, -0.2) is 32.1 Å². The average molecular weight is 439 g/mol. The van der Waals surface area contributed by atoms with Crippen molar-refractivity contribution in [3.63, 3.8) is 0 Å². The number of hydrogen-bond acceptors (Lipinski definition) is 4. The van der Waals surface area contributed by atoms with Crippen molar-refractivity contribution in [1.82, 2.24) is 5.32 Å². The Bertz CT molecular complexity index is 889. The van der Waals surface area contributed by atoms with Gasteiger partial charge in [-0.1, -0.05) is 17.7 Å². The predicted octanol–water partition coefficient (Wildman–Crippen LogP) is 4.50. The van der Waals surface area contributed by atoms with Crippen molar-refractivity contribution < 1.29 is 27.8 Å². The second-order valence-electron chi connectivity index (χ2n) is 6.07. The van der Waals surface area contributed by atoms with Crippen LogP contribution in [-0.2, 0) is 9.59 Å². The SMILES string of the molecule is COc1cc(/C=C/C(=O)NCCCC(=O)Nc2ccc(Cl)cc2)ccc1OC(F)F. The van der Waals surface area contributed by atoms with Gasteiger partial charge < -0.3 is 20.1 Å². The first-order chi connectivity index (χ1) is 14.4. The zero-order valence-corrected chi connectivity index (χ0v) is 16.9. The second-order valence-corrected chi connectivity index (χ2v) is 6.51. The van der Waals surface area contributed by atoms with Crippen LogP contribution in [0.25, 0.3) is 6.08 Å². The zero-order chi connectivity index (χ0) is 21.9. The summed E-state index contributed by atoms with van der Waals surface area (Å²) in [6.45, 7) is -2.64. The highest BCUT2D eigenvalue weighted by Crippen LogP contribution is 2.29. The predicted molar refractivity (Wildman–Crippen MR) is 111 cm³/mol. The summed E-state index contributed by atoms with van der Waals surface area (Å²) in [5.74, 6) is -0.476. The molecular weight excluding hydrogens is 418 g/mol. The number of ether oxygens (including phenoxy) is 2. The van der Waals surface area contributed by atoms with Gasteiger partial charge in [-0.2, -0.15) is 8.78 Å². The minimum absolute atomic E-state index is 0.0917. The third-order valence-electron chi connectivity index (χ3n) is 3.84. The van der Waals surface area contributed by atoms with Gasteiger partial charge in [0.1, 0.15) is 0 Å². The Hall–Kier alpha value is -3.13. The maximum atomic E-state index is 12.3. The molecule has 0 saturated carbocycles. The monoisotopic (exact) mass is 438 g/mol. The normalized spacial score (nSPS) is 10.8. The lowest BCUT2D eigenvalue weighted by molar-refractivity contribution is -0.118. The lowest BCUT2D eigenvalue weighted by atomic mass is 10.2. The van der Waals surface area contributed by atoms with Gasteiger partial charge >= 0.3 is 6.61 Å². The standard InChI is InChI=1S/C21H21ClF2N2O4/c1-29-18-13-14(4-10-17(18)30-21(23)24)5-11-19(27)25-12-2-3-20(28)26-16-8-6-15(22)7-9-16/h4-11,13,21H,2-3,12H2,1H3,(H,25,27)(H,26,28)/b11-5+. The van der Waals surface area contributed by atoms with Gasteiger partial charge in [-0.3, -0.25) is 9.59 Å². The van der Waals surface area contributed by atoms with Crippen LogP contribution in [0.1, 0.15) is 18.4 Å². The van der Waals surface area contributed by atoms with Gasteiger partial charge in [-0.15, -0.1) is 0 Å². The van der Waals surface area contributed by atoms with Crippen LogP contribution in [0, 0.1) is 0 Å². The molecule has 0 saturated heterocycles. The van der Waals surface area contributed by atoms with Gasteiger partial charge in [-0.25, -0.2) is 0 Å².